The molecule has 32 heavy (non-hydrogen) atoms. The van der Waals surface area contributed by atoms with Gasteiger partial charge in [-0.3, -0.25) is 4.90 Å². The minimum atomic E-state index is -1.66. The Labute approximate surface area is 194 Å². The van der Waals surface area contributed by atoms with Crippen molar-refractivity contribution in [1.82, 2.24) is 9.88 Å². The van der Waals surface area contributed by atoms with Crippen LogP contribution in [0, 0.1) is 28.9 Å². The molecule has 1 fully saturated rings. The number of hydrogen-bond acceptors (Lipinski definition) is 4. The minimum Gasteiger partial charge on any atom is -0.290 e. The van der Waals surface area contributed by atoms with Crippen molar-refractivity contribution in [2.24, 2.45) is 5.92 Å². The molecule has 1 aliphatic rings. The van der Waals surface area contributed by atoms with Crippen LogP contribution in [0.3, 0.4) is 0 Å². The van der Waals surface area contributed by atoms with Gasteiger partial charge in [-0.1, -0.05) is 23.7 Å². The van der Waals surface area contributed by atoms with Crippen molar-refractivity contribution in [2.45, 2.75) is 31.5 Å². The van der Waals surface area contributed by atoms with Crippen molar-refractivity contribution in [3.05, 3.63) is 86.3 Å². The van der Waals surface area contributed by atoms with Gasteiger partial charge in [-0.05, 0) is 55.2 Å². The molecule has 2 heterocycles. The van der Waals surface area contributed by atoms with Crippen molar-refractivity contribution in [3.8, 4) is 6.07 Å². The Balaban J connectivity index is 1.63. The van der Waals surface area contributed by atoms with E-state index in [-0.39, 0.29) is 12.0 Å². The number of alkyl halides is 1. The van der Waals surface area contributed by atoms with Gasteiger partial charge in [0.2, 0.25) is 0 Å². The Kier molecular flexibility index (Phi) is 6.30. The Morgan fingerprint density at radius 2 is 1.75 bits per heavy atom. The molecular weight excluding hydrogens is 455 g/mol. The van der Waals surface area contributed by atoms with Gasteiger partial charge in [0, 0.05) is 35.5 Å². The molecule has 4 rings (SSSR count). The molecule has 166 valence electrons. The van der Waals surface area contributed by atoms with Gasteiger partial charge in [-0.15, -0.1) is 11.3 Å². The van der Waals surface area contributed by atoms with E-state index in [0.717, 1.165) is 16.6 Å². The van der Waals surface area contributed by atoms with Gasteiger partial charge in [0.25, 0.3) is 0 Å². The van der Waals surface area contributed by atoms with Gasteiger partial charge < -0.3 is 0 Å². The number of benzene rings is 2. The van der Waals surface area contributed by atoms with Crippen LogP contribution in [0.4, 0.5) is 13.2 Å². The maximum absolute atomic E-state index is 15.2. The van der Waals surface area contributed by atoms with Crippen LogP contribution in [0.15, 0.2) is 47.8 Å². The van der Waals surface area contributed by atoms with Crippen molar-refractivity contribution >= 4 is 22.9 Å². The van der Waals surface area contributed by atoms with Crippen molar-refractivity contribution < 1.29 is 13.2 Å². The highest BCUT2D eigenvalue weighted by Gasteiger charge is 2.45. The first-order chi connectivity index (χ1) is 15.2. The molecule has 0 amide bonds. The number of nitriles is 1. The first-order valence-electron chi connectivity index (χ1n) is 10.2. The van der Waals surface area contributed by atoms with Crippen LogP contribution in [-0.4, -0.2) is 28.6 Å². The zero-order valence-electron chi connectivity index (χ0n) is 17.5. The molecule has 8 heteroatoms. The maximum Gasteiger partial charge on any atom is 0.151 e. The summed E-state index contributed by atoms with van der Waals surface area (Å²) in [7, 11) is 0. The van der Waals surface area contributed by atoms with Crippen molar-refractivity contribution in [1.29, 1.82) is 5.26 Å². The molecule has 0 unspecified atom stereocenters. The normalized spacial score (nSPS) is 16.9. The summed E-state index contributed by atoms with van der Waals surface area (Å²) in [5.41, 5.74) is -0.0376. The predicted molar refractivity (Wildman–Crippen MR) is 119 cm³/mol. The van der Waals surface area contributed by atoms with Gasteiger partial charge in [-0.2, -0.15) is 5.26 Å². The summed E-state index contributed by atoms with van der Waals surface area (Å²) in [5, 5.41) is 12.3. The van der Waals surface area contributed by atoms with E-state index in [1.54, 1.807) is 17.5 Å². The van der Waals surface area contributed by atoms with Gasteiger partial charge in [0.15, 0.2) is 5.69 Å². The van der Waals surface area contributed by atoms with Gasteiger partial charge in [-0.25, -0.2) is 18.2 Å². The lowest BCUT2D eigenvalue weighted by atomic mass is 9.72. The lowest BCUT2D eigenvalue weighted by molar-refractivity contribution is 0.00800. The Morgan fingerprint density at radius 1 is 1.12 bits per heavy atom. The molecule has 0 bridgehead atoms. The zero-order valence-corrected chi connectivity index (χ0v) is 19.1. The summed E-state index contributed by atoms with van der Waals surface area (Å²) in [5.74, 6) is -2.23. The molecule has 2 aromatic carbocycles. The lowest BCUT2D eigenvalue weighted by Crippen LogP contribution is -2.53. The van der Waals surface area contributed by atoms with Crippen LogP contribution in [0.25, 0.3) is 0 Å². The van der Waals surface area contributed by atoms with E-state index in [2.05, 4.69) is 16.0 Å². The highest BCUT2D eigenvalue weighted by molar-refractivity contribution is 7.09. The Hall–Kier alpha value is -2.40. The molecule has 0 radical (unpaired) electrons. The largest absolute Gasteiger partial charge is 0.290 e. The number of rotatable bonds is 6. The second kappa shape index (κ2) is 8.86. The quantitative estimate of drug-likeness (QED) is 0.408. The van der Waals surface area contributed by atoms with Crippen LogP contribution in [0.2, 0.25) is 5.02 Å². The predicted octanol–water partition coefficient (Wildman–Crippen LogP) is 6.50. The third kappa shape index (κ3) is 4.68. The number of aromatic nitrogens is 1. The fourth-order valence-electron chi connectivity index (χ4n) is 4.57. The third-order valence-electron chi connectivity index (χ3n) is 5.81. The fourth-order valence-corrected chi connectivity index (χ4v) is 5.60. The van der Waals surface area contributed by atoms with Crippen molar-refractivity contribution in [3.63, 3.8) is 0 Å². The molecule has 0 N–H and O–H groups in total. The van der Waals surface area contributed by atoms with E-state index >= 15 is 4.39 Å². The van der Waals surface area contributed by atoms with Crippen LogP contribution in [0.5, 0.6) is 0 Å². The monoisotopic (exact) mass is 475 g/mol. The van der Waals surface area contributed by atoms with E-state index in [9.17, 15) is 14.0 Å². The molecule has 1 saturated heterocycles. The van der Waals surface area contributed by atoms with Crippen LogP contribution in [0.1, 0.15) is 47.6 Å². The summed E-state index contributed by atoms with van der Waals surface area (Å²) in [4.78, 5) is 6.58. The Morgan fingerprint density at radius 3 is 2.28 bits per heavy atom. The van der Waals surface area contributed by atoms with Gasteiger partial charge in [0.1, 0.15) is 28.4 Å². The summed E-state index contributed by atoms with van der Waals surface area (Å²) >= 11 is 7.44. The molecule has 1 aromatic heterocycles. The average molecular weight is 476 g/mol. The number of nitrogens with zero attached hydrogens (tertiary/aromatic N) is 3. The van der Waals surface area contributed by atoms with E-state index in [4.69, 9.17) is 11.6 Å². The second-order valence-electron chi connectivity index (χ2n) is 8.60. The smallest absolute Gasteiger partial charge is 0.151 e. The molecule has 1 aliphatic heterocycles. The number of hydrogen-bond donors (Lipinski definition) is 0. The maximum atomic E-state index is 15.2. The summed E-state index contributed by atoms with van der Waals surface area (Å²) in [6.07, 6.45) is 0. The highest BCUT2D eigenvalue weighted by atomic mass is 35.5. The van der Waals surface area contributed by atoms with Crippen LogP contribution in [-0.2, 0) is 0 Å². The first kappa shape index (κ1) is 22.8. The molecular formula is C24H21ClF3N3S. The molecule has 3 aromatic rings. The second-order valence-corrected chi connectivity index (χ2v) is 9.92. The molecule has 0 saturated carbocycles. The van der Waals surface area contributed by atoms with E-state index in [0.29, 0.717) is 29.4 Å². The number of halogens is 4. The number of likely N-dealkylation sites (tertiary alicyclic amines) is 1. The number of thiazole rings is 1. The van der Waals surface area contributed by atoms with E-state index < -0.39 is 23.2 Å². The average Bonchev–Trinajstić information content (AvgIpc) is 3.14. The molecule has 0 spiro atoms. The van der Waals surface area contributed by atoms with Gasteiger partial charge in [0.05, 0.1) is 6.04 Å². The van der Waals surface area contributed by atoms with Gasteiger partial charge >= 0.3 is 0 Å². The SMILES string of the molecule is CC(C)(F)[C@H](c1cc(F)cc(F)c1)C1CN([C@H](c2ccc(Cl)cc2)c2nc(C#N)cs2)C1. The molecule has 3 nitrogen and oxygen atoms in total. The van der Waals surface area contributed by atoms with Crippen molar-refractivity contribution in [2.75, 3.05) is 13.1 Å². The lowest BCUT2D eigenvalue weighted by Gasteiger charge is -2.49. The molecule has 2 atom stereocenters. The van der Waals surface area contributed by atoms with Crippen LogP contribution < -0.4 is 0 Å². The zero-order chi connectivity index (χ0) is 23.0. The van der Waals surface area contributed by atoms with Crippen LogP contribution >= 0.6 is 22.9 Å². The minimum absolute atomic E-state index is 0.138. The topological polar surface area (TPSA) is 39.9 Å². The van der Waals surface area contributed by atoms with E-state index in [1.807, 2.05) is 12.1 Å². The Bertz CT molecular complexity index is 1120. The third-order valence-corrected chi connectivity index (χ3v) is 6.96. The summed E-state index contributed by atoms with van der Waals surface area (Å²) in [6, 6.07) is 12.5. The summed E-state index contributed by atoms with van der Waals surface area (Å²) < 4.78 is 42.9. The first-order valence-corrected chi connectivity index (χ1v) is 11.4. The fraction of sp³-hybridized carbons (Fsp3) is 0.333. The standard InChI is InChI=1S/C24H21ClF3N3S/c1-24(2,28)21(15-7-18(26)9-19(27)8-15)16-11-31(12-16)22(14-3-5-17(25)6-4-14)23-30-20(10-29)13-32-23/h3-9,13,16,21-22H,11-12H2,1-2H3/t21-,22-/m1/s1. The highest BCUT2D eigenvalue weighted by Crippen LogP contribution is 2.46. The molecule has 0 aliphatic carbocycles. The summed E-state index contributed by atoms with van der Waals surface area (Å²) in [6.45, 7) is 3.93. The van der Waals surface area contributed by atoms with E-state index in [1.165, 1.54) is 37.3 Å².